The molecule has 1 aliphatic rings. The first kappa shape index (κ1) is 13.1. The fourth-order valence-corrected chi connectivity index (χ4v) is 2.37. The number of anilines is 2. The maximum Gasteiger partial charge on any atom is 0.149 e. The van der Waals surface area contributed by atoms with Crippen molar-refractivity contribution < 1.29 is 4.74 Å². The minimum Gasteiger partial charge on any atom is -0.396 e. The number of aromatic nitrogens is 1. The van der Waals surface area contributed by atoms with E-state index in [2.05, 4.69) is 10.3 Å². The highest BCUT2D eigenvalue weighted by Gasteiger charge is 2.13. The van der Waals surface area contributed by atoms with Gasteiger partial charge in [0, 0.05) is 12.7 Å². The SMILES string of the molecule is Cc1cnc(NCCOC2CCCCC2)c(N)c1. The highest BCUT2D eigenvalue weighted by Crippen LogP contribution is 2.20. The van der Waals surface area contributed by atoms with Crippen LogP contribution in [0, 0.1) is 6.92 Å². The lowest BCUT2D eigenvalue weighted by molar-refractivity contribution is 0.0347. The van der Waals surface area contributed by atoms with Crippen molar-refractivity contribution in [3.8, 4) is 0 Å². The van der Waals surface area contributed by atoms with Crippen molar-refractivity contribution in [1.82, 2.24) is 4.98 Å². The molecule has 2 rings (SSSR count). The summed E-state index contributed by atoms with van der Waals surface area (Å²) in [4.78, 5) is 4.27. The van der Waals surface area contributed by atoms with Gasteiger partial charge in [-0.25, -0.2) is 4.98 Å². The zero-order chi connectivity index (χ0) is 12.8. The van der Waals surface area contributed by atoms with Crippen molar-refractivity contribution in [3.63, 3.8) is 0 Å². The second-order valence-corrected chi connectivity index (χ2v) is 5.01. The lowest BCUT2D eigenvalue weighted by Gasteiger charge is -2.22. The molecule has 3 N–H and O–H groups in total. The van der Waals surface area contributed by atoms with Crippen molar-refractivity contribution >= 4 is 11.5 Å². The molecule has 0 bridgehead atoms. The van der Waals surface area contributed by atoms with E-state index in [1.807, 2.05) is 19.2 Å². The Morgan fingerprint density at radius 3 is 2.89 bits per heavy atom. The van der Waals surface area contributed by atoms with Gasteiger partial charge in [-0.15, -0.1) is 0 Å². The van der Waals surface area contributed by atoms with E-state index in [1.165, 1.54) is 32.1 Å². The van der Waals surface area contributed by atoms with E-state index in [0.29, 0.717) is 11.8 Å². The first-order valence-corrected chi connectivity index (χ1v) is 6.83. The Labute approximate surface area is 109 Å². The molecule has 0 radical (unpaired) electrons. The van der Waals surface area contributed by atoms with E-state index in [9.17, 15) is 0 Å². The van der Waals surface area contributed by atoms with Gasteiger partial charge in [-0.2, -0.15) is 0 Å². The highest BCUT2D eigenvalue weighted by molar-refractivity contribution is 5.61. The number of nitrogens with two attached hydrogens (primary N) is 1. The first-order chi connectivity index (χ1) is 8.75. The Balaban J connectivity index is 1.68. The zero-order valence-electron chi connectivity index (χ0n) is 11.1. The number of nitrogen functional groups attached to an aromatic ring is 1. The molecule has 0 unspecified atom stereocenters. The van der Waals surface area contributed by atoms with Crippen LogP contribution in [-0.2, 0) is 4.74 Å². The van der Waals surface area contributed by atoms with E-state index < -0.39 is 0 Å². The number of hydrogen-bond acceptors (Lipinski definition) is 4. The molecule has 1 aliphatic carbocycles. The molecular formula is C14H23N3O. The molecule has 4 nitrogen and oxygen atoms in total. The van der Waals surface area contributed by atoms with Crippen LogP contribution in [-0.4, -0.2) is 24.2 Å². The number of rotatable bonds is 5. The Morgan fingerprint density at radius 2 is 2.17 bits per heavy atom. The fourth-order valence-electron chi connectivity index (χ4n) is 2.37. The molecule has 0 amide bonds. The molecule has 0 saturated heterocycles. The quantitative estimate of drug-likeness (QED) is 0.788. The second-order valence-electron chi connectivity index (χ2n) is 5.01. The minimum atomic E-state index is 0.462. The first-order valence-electron chi connectivity index (χ1n) is 6.83. The van der Waals surface area contributed by atoms with Crippen LogP contribution in [0.15, 0.2) is 12.3 Å². The third-order valence-corrected chi connectivity index (χ3v) is 3.35. The van der Waals surface area contributed by atoms with Gasteiger partial charge in [-0.1, -0.05) is 19.3 Å². The van der Waals surface area contributed by atoms with Crippen molar-refractivity contribution in [2.24, 2.45) is 0 Å². The lowest BCUT2D eigenvalue weighted by Crippen LogP contribution is -2.21. The third kappa shape index (κ3) is 3.88. The summed E-state index contributed by atoms with van der Waals surface area (Å²) in [5.41, 5.74) is 7.66. The smallest absolute Gasteiger partial charge is 0.149 e. The summed E-state index contributed by atoms with van der Waals surface area (Å²) in [7, 11) is 0. The van der Waals surface area contributed by atoms with Gasteiger partial charge in [-0.05, 0) is 31.4 Å². The summed E-state index contributed by atoms with van der Waals surface area (Å²) in [5, 5.41) is 3.22. The molecule has 100 valence electrons. The van der Waals surface area contributed by atoms with Crippen molar-refractivity contribution in [2.75, 3.05) is 24.2 Å². The number of pyridine rings is 1. The fraction of sp³-hybridized carbons (Fsp3) is 0.643. The van der Waals surface area contributed by atoms with Crippen LogP contribution in [0.4, 0.5) is 11.5 Å². The van der Waals surface area contributed by atoms with Crippen LogP contribution in [0.3, 0.4) is 0 Å². The van der Waals surface area contributed by atoms with E-state index in [-0.39, 0.29) is 0 Å². The zero-order valence-corrected chi connectivity index (χ0v) is 11.1. The Kier molecular flexibility index (Phi) is 4.81. The molecule has 1 heterocycles. The van der Waals surface area contributed by atoms with Crippen LogP contribution in [0.5, 0.6) is 0 Å². The Hall–Kier alpha value is -1.29. The number of nitrogens with zero attached hydrogens (tertiary/aromatic N) is 1. The van der Waals surface area contributed by atoms with Crippen LogP contribution in [0.1, 0.15) is 37.7 Å². The molecule has 0 aromatic carbocycles. The molecule has 1 aromatic rings. The summed E-state index contributed by atoms with van der Waals surface area (Å²) in [5.74, 6) is 0.757. The van der Waals surface area contributed by atoms with E-state index in [1.54, 1.807) is 0 Å². The number of ether oxygens (including phenoxy) is 1. The predicted octanol–water partition coefficient (Wildman–Crippen LogP) is 2.73. The average molecular weight is 249 g/mol. The predicted molar refractivity (Wildman–Crippen MR) is 74.7 cm³/mol. The van der Waals surface area contributed by atoms with Crippen LogP contribution < -0.4 is 11.1 Å². The van der Waals surface area contributed by atoms with Gasteiger partial charge in [0.05, 0.1) is 18.4 Å². The molecule has 1 saturated carbocycles. The molecule has 0 spiro atoms. The van der Waals surface area contributed by atoms with Crippen LogP contribution >= 0.6 is 0 Å². The number of nitrogens with one attached hydrogen (secondary N) is 1. The minimum absolute atomic E-state index is 0.462. The maximum atomic E-state index is 5.88. The standard InChI is InChI=1S/C14H23N3O/c1-11-9-13(15)14(17-10-11)16-7-8-18-12-5-3-2-4-6-12/h9-10,12H,2-8,15H2,1H3,(H,16,17). The highest BCUT2D eigenvalue weighted by atomic mass is 16.5. The van der Waals surface area contributed by atoms with E-state index >= 15 is 0 Å². The molecule has 0 aliphatic heterocycles. The summed E-state index contributed by atoms with van der Waals surface area (Å²) in [6, 6.07) is 1.93. The van der Waals surface area contributed by atoms with Crippen molar-refractivity contribution in [3.05, 3.63) is 17.8 Å². The summed E-state index contributed by atoms with van der Waals surface area (Å²) in [6.07, 6.45) is 8.69. The van der Waals surface area contributed by atoms with Crippen molar-refractivity contribution in [2.45, 2.75) is 45.1 Å². The van der Waals surface area contributed by atoms with Crippen LogP contribution in [0.25, 0.3) is 0 Å². The molecule has 18 heavy (non-hydrogen) atoms. The van der Waals surface area contributed by atoms with Crippen LogP contribution in [0.2, 0.25) is 0 Å². The third-order valence-electron chi connectivity index (χ3n) is 3.35. The summed E-state index contributed by atoms with van der Waals surface area (Å²) < 4.78 is 5.84. The van der Waals surface area contributed by atoms with Gasteiger partial charge in [0.1, 0.15) is 5.82 Å². The van der Waals surface area contributed by atoms with Crippen molar-refractivity contribution in [1.29, 1.82) is 0 Å². The van der Waals surface area contributed by atoms with E-state index in [4.69, 9.17) is 10.5 Å². The molecule has 1 fully saturated rings. The molecule has 0 atom stereocenters. The van der Waals surface area contributed by atoms with Gasteiger partial charge in [0.15, 0.2) is 0 Å². The van der Waals surface area contributed by atoms with E-state index in [0.717, 1.165) is 24.5 Å². The molecule has 1 aromatic heterocycles. The summed E-state index contributed by atoms with van der Waals surface area (Å²) >= 11 is 0. The lowest BCUT2D eigenvalue weighted by atomic mass is 9.98. The van der Waals surface area contributed by atoms with Gasteiger partial charge < -0.3 is 15.8 Å². The maximum absolute atomic E-state index is 5.88. The van der Waals surface area contributed by atoms with Gasteiger partial charge >= 0.3 is 0 Å². The van der Waals surface area contributed by atoms with Gasteiger partial charge in [0.2, 0.25) is 0 Å². The normalized spacial score (nSPS) is 16.7. The monoisotopic (exact) mass is 249 g/mol. The number of hydrogen-bond donors (Lipinski definition) is 2. The average Bonchev–Trinajstić information content (AvgIpc) is 2.38. The largest absolute Gasteiger partial charge is 0.396 e. The summed E-state index contributed by atoms with van der Waals surface area (Å²) in [6.45, 7) is 3.47. The molecular weight excluding hydrogens is 226 g/mol. The Bertz CT molecular complexity index is 375. The topological polar surface area (TPSA) is 60.2 Å². The molecule has 4 heteroatoms. The van der Waals surface area contributed by atoms with Gasteiger partial charge in [0.25, 0.3) is 0 Å². The second kappa shape index (κ2) is 6.59. The Morgan fingerprint density at radius 1 is 1.39 bits per heavy atom. The van der Waals surface area contributed by atoms with Gasteiger partial charge in [-0.3, -0.25) is 0 Å². The number of aryl methyl sites for hydroxylation is 1.